The number of nitrogens with zero attached hydrogens (tertiary/aromatic N) is 2. The number of aromatic nitrogens is 2. The minimum Gasteiger partial charge on any atom is -0.236 e. The van der Waals surface area contributed by atoms with Crippen molar-refractivity contribution in [3.8, 4) is 22.5 Å². The summed E-state index contributed by atoms with van der Waals surface area (Å²) in [5.41, 5.74) is 3.87. The number of hydrogen-bond acceptors (Lipinski definition) is 2. The quantitative estimate of drug-likeness (QED) is 0.333. The zero-order valence-corrected chi connectivity index (χ0v) is 18.9. The molecular weight excluding hydrogens is 402 g/mol. The van der Waals surface area contributed by atoms with Gasteiger partial charge < -0.3 is 0 Å². The van der Waals surface area contributed by atoms with E-state index in [0.29, 0.717) is 17.3 Å². The largest absolute Gasteiger partial charge is 0.236 e. The van der Waals surface area contributed by atoms with Crippen LogP contribution in [0.2, 0.25) is 0 Å². The van der Waals surface area contributed by atoms with Gasteiger partial charge in [0.25, 0.3) is 0 Å². The molecular formula is C28H32F2N2. The summed E-state index contributed by atoms with van der Waals surface area (Å²) < 4.78 is 26.6. The molecule has 1 aliphatic carbocycles. The van der Waals surface area contributed by atoms with Crippen molar-refractivity contribution in [1.82, 2.24) is 9.97 Å². The van der Waals surface area contributed by atoms with E-state index in [9.17, 15) is 8.78 Å². The second-order valence-electron chi connectivity index (χ2n) is 9.11. The van der Waals surface area contributed by atoms with Gasteiger partial charge in [-0.3, -0.25) is 0 Å². The molecule has 32 heavy (non-hydrogen) atoms. The van der Waals surface area contributed by atoms with Gasteiger partial charge in [0.05, 0.1) is 0 Å². The molecule has 0 amide bonds. The molecule has 4 heteroatoms. The Labute approximate surface area is 190 Å². The number of benzene rings is 2. The lowest BCUT2D eigenvalue weighted by Gasteiger charge is -2.29. The summed E-state index contributed by atoms with van der Waals surface area (Å²) in [5, 5.41) is 0. The summed E-state index contributed by atoms with van der Waals surface area (Å²) in [4.78, 5) is 8.70. The zero-order valence-electron chi connectivity index (χ0n) is 18.9. The van der Waals surface area contributed by atoms with E-state index in [4.69, 9.17) is 0 Å². The lowest BCUT2D eigenvalue weighted by molar-refractivity contribution is 0.302. The topological polar surface area (TPSA) is 25.8 Å². The first-order chi connectivity index (χ1) is 15.6. The van der Waals surface area contributed by atoms with Gasteiger partial charge >= 0.3 is 0 Å². The van der Waals surface area contributed by atoms with E-state index in [1.165, 1.54) is 69.4 Å². The Hall–Kier alpha value is -2.62. The average Bonchev–Trinajstić information content (AvgIpc) is 2.84. The molecule has 0 saturated heterocycles. The standard InChI is InChI=1S/C28H32F2N2/c1-2-3-4-5-6-20-7-9-21(10-8-20)22-11-13-23(14-12-22)25-18-31-28(32-19-25)24-15-16-26(29)27(30)17-24/h11-21H,2-10H2,1H3/t20-,21-. The molecule has 0 atom stereocenters. The zero-order chi connectivity index (χ0) is 22.3. The fraction of sp³-hybridized carbons (Fsp3) is 0.429. The van der Waals surface area contributed by atoms with Crippen LogP contribution in [0.1, 0.15) is 76.2 Å². The van der Waals surface area contributed by atoms with E-state index < -0.39 is 11.6 Å². The van der Waals surface area contributed by atoms with Gasteiger partial charge in [-0.2, -0.15) is 0 Å². The molecule has 2 aromatic carbocycles. The van der Waals surface area contributed by atoms with Crippen LogP contribution in [-0.4, -0.2) is 9.97 Å². The molecule has 0 unspecified atom stereocenters. The number of hydrogen-bond donors (Lipinski definition) is 0. The Kier molecular flexibility index (Phi) is 7.62. The monoisotopic (exact) mass is 434 g/mol. The summed E-state index contributed by atoms with van der Waals surface area (Å²) in [5.74, 6) is 0.216. The summed E-state index contributed by atoms with van der Waals surface area (Å²) in [7, 11) is 0. The van der Waals surface area contributed by atoms with E-state index in [0.717, 1.165) is 29.2 Å². The molecule has 168 valence electrons. The molecule has 0 N–H and O–H groups in total. The highest BCUT2D eigenvalue weighted by Crippen LogP contribution is 2.38. The van der Waals surface area contributed by atoms with Crippen molar-refractivity contribution in [2.24, 2.45) is 5.92 Å². The van der Waals surface area contributed by atoms with Crippen molar-refractivity contribution in [3.05, 3.63) is 72.1 Å². The van der Waals surface area contributed by atoms with E-state index in [-0.39, 0.29) is 0 Å². The molecule has 1 aliphatic rings. The second kappa shape index (κ2) is 10.8. The maximum Gasteiger partial charge on any atom is 0.159 e. The minimum atomic E-state index is -0.892. The molecule has 0 radical (unpaired) electrons. The average molecular weight is 435 g/mol. The third-order valence-corrected chi connectivity index (χ3v) is 6.86. The first kappa shape index (κ1) is 22.6. The molecule has 1 heterocycles. The van der Waals surface area contributed by atoms with Gasteiger partial charge in [-0.25, -0.2) is 18.7 Å². The van der Waals surface area contributed by atoms with Crippen LogP contribution in [0.15, 0.2) is 54.9 Å². The van der Waals surface area contributed by atoms with Gasteiger partial charge in [0.1, 0.15) is 0 Å². The van der Waals surface area contributed by atoms with Crippen LogP contribution in [0.5, 0.6) is 0 Å². The molecule has 1 aromatic heterocycles. The van der Waals surface area contributed by atoms with Crippen molar-refractivity contribution < 1.29 is 8.78 Å². The van der Waals surface area contributed by atoms with Gasteiger partial charge in [0.15, 0.2) is 17.5 Å². The van der Waals surface area contributed by atoms with Gasteiger partial charge in [0, 0.05) is 23.5 Å². The van der Waals surface area contributed by atoms with Crippen LogP contribution in [-0.2, 0) is 0 Å². The molecule has 0 aliphatic heterocycles. The van der Waals surface area contributed by atoms with E-state index in [2.05, 4.69) is 41.2 Å². The third kappa shape index (κ3) is 5.59. The Morgan fingerprint density at radius 3 is 2.09 bits per heavy atom. The van der Waals surface area contributed by atoms with Crippen molar-refractivity contribution in [2.45, 2.75) is 70.6 Å². The van der Waals surface area contributed by atoms with Crippen LogP contribution in [0.4, 0.5) is 8.78 Å². The van der Waals surface area contributed by atoms with Crippen molar-refractivity contribution in [1.29, 1.82) is 0 Å². The molecule has 4 rings (SSSR count). The van der Waals surface area contributed by atoms with Crippen LogP contribution in [0, 0.1) is 17.6 Å². The summed E-state index contributed by atoms with van der Waals surface area (Å²) in [6.07, 6.45) is 15.7. The maximum atomic E-state index is 13.5. The van der Waals surface area contributed by atoms with Gasteiger partial charge in [0.2, 0.25) is 0 Å². The minimum absolute atomic E-state index is 0.385. The van der Waals surface area contributed by atoms with Gasteiger partial charge in [-0.15, -0.1) is 0 Å². The highest BCUT2D eigenvalue weighted by atomic mass is 19.2. The predicted molar refractivity (Wildman–Crippen MR) is 126 cm³/mol. The molecule has 0 spiro atoms. The van der Waals surface area contributed by atoms with E-state index >= 15 is 0 Å². The first-order valence-electron chi connectivity index (χ1n) is 12.0. The maximum absolute atomic E-state index is 13.5. The molecule has 1 saturated carbocycles. The van der Waals surface area contributed by atoms with Crippen molar-refractivity contribution >= 4 is 0 Å². The van der Waals surface area contributed by atoms with Gasteiger partial charge in [-0.05, 0) is 66.8 Å². The van der Waals surface area contributed by atoms with Crippen molar-refractivity contribution in [2.75, 3.05) is 0 Å². The van der Waals surface area contributed by atoms with E-state index in [1.54, 1.807) is 12.4 Å². The first-order valence-corrected chi connectivity index (χ1v) is 12.0. The second-order valence-corrected chi connectivity index (χ2v) is 9.11. The lowest BCUT2D eigenvalue weighted by Crippen LogP contribution is -2.13. The van der Waals surface area contributed by atoms with Crippen LogP contribution in [0.3, 0.4) is 0 Å². The number of rotatable bonds is 8. The molecule has 1 fully saturated rings. The Bertz CT molecular complexity index is 991. The smallest absolute Gasteiger partial charge is 0.159 e. The summed E-state index contributed by atoms with van der Waals surface area (Å²) in [6.45, 7) is 2.27. The Morgan fingerprint density at radius 1 is 0.750 bits per heavy atom. The Morgan fingerprint density at radius 2 is 1.44 bits per heavy atom. The Balaban J connectivity index is 1.34. The van der Waals surface area contributed by atoms with Gasteiger partial charge in [-0.1, -0.05) is 63.3 Å². The van der Waals surface area contributed by atoms with Crippen LogP contribution < -0.4 is 0 Å². The fourth-order valence-electron chi connectivity index (χ4n) is 4.85. The van der Waals surface area contributed by atoms with E-state index in [1.807, 2.05) is 0 Å². The molecule has 3 aromatic rings. The van der Waals surface area contributed by atoms with Crippen molar-refractivity contribution in [3.63, 3.8) is 0 Å². The summed E-state index contributed by atoms with van der Waals surface area (Å²) >= 11 is 0. The normalized spacial score (nSPS) is 18.6. The molecule has 0 bridgehead atoms. The highest BCUT2D eigenvalue weighted by molar-refractivity contribution is 5.64. The number of halogens is 2. The van der Waals surface area contributed by atoms with Crippen LogP contribution >= 0.6 is 0 Å². The number of unbranched alkanes of at least 4 members (excludes halogenated alkanes) is 3. The summed E-state index contributed by atoms with van der Waals surface area (Å²) in [6, 6.07) is 12.5. The SMILES string of the molecule is CCCCCC[C@H]1CC[C@H](c2ccc(-c3cnc(-c4ccc(F)c(F)c4)nc3)cc2)CC1. The fourth-order valence-corrected chi connectivity index (χ4v) is 4.85. The predicted octanol–water partition coefficient (Wildman–Crippen LogP) is 8.33. The highest BCUT2D eigenvalue weighted by Gasteiger charge is 2.22. The third-order valence-electron chi connectivity index (χ3n) is 6.86. The lowest BCUT2D eigenvalue weighted by atomic mass is 9.77. The van der Waals surface area contributed by atoms with Crippen LogP contribution in [0.25, 0.3) is 22.5 Å². The molecule has 2 nitrogen and oxygen atoms in total.